The highest BCUT2D eigenvalue weighted by Crippen LogP contribution is 2.60. The van der Waals surface area contributed by atoms with Crippen LogP contribution in [-0.2, 0) is 16.6 Å². The van der Waals surface area contributed by atoms with Crippen LogP contribution in [0.4, 0.5) is 52.7 Å². The molecule has 2 aromatic carbocycles. The van der Waals surface area contributed by atoms with E-state index in [1.807, 2.05) is 0 Å². The Hall–Kier alpha value is -3.50. The van der Waals surface area contributed by atoms with Gasteiger partial charge in [0.1, 0.15) is 0 Å². The molecule has 2 aromatic rings. The summed E-state index contributed by atoms with van der Waals surface area (Å²) in [4.78, 5) is 21.5. The van der Waals surface area contributed by atoms with Gasteiger partial charge in [0.25, 0.3) is 0 Å². The third kappa shape index (κ3) is 4.91. The summed E-state index contributed by atoms with van der Waals surface area (Å²) < 4.78 is 171. The number of halogens is 12. The van der Waals surface area contributed by atoms with Crippen LogP contribution in [0.1, 0.15) is 31.8 Å². The summed E-state index contributed by atoms with van der Waals surface area (Å²) in [5.74, 6) is -30.6. The van der Waals surface area contributed by atoms with Crippen molar-refractivity contribution in [2.75, 3.05) is 0 Å². The molecule has 0 saturated heterocycles. The number of hydrogen-bond donors (Lipinski definition) is 2. The van der Waals surface area contributed by atoms with Gasteiger partial charge in [0, 0.05) is 11.1 Å². The van der Waals surface area contributed by atoms with Crippen LogP contribution in [0, 0.1) is 0 Å². The molecular weight excluding hydrogens is 548 g/mol. The van der Waals surface area contributed by atoms with E-state index in [1.54, 1.807) is 0 Å². The zero-order valence-electron chi connectivity index (χ0n) is 17.3. The first-order valence-electron chi connectivity index (χ1n) is 9.17. The Balaban J connectivity index is 2.74. The van der Waals surface area contributed by atoms with E-state index < -0.39 is 70.1 Å². The van der Waals surface area contributed by atoms with Crippen LogP contribution in [-0.4, -0.2) is 46.2 Å². The standard InChI is InChI=1S/C20H10F12O5/c21-15(22,11-5-1-9(2-6-11)13(33)34)17(25,19(27,28)29)37-18(26,20(30,31)32)16(23,24)12-7-3-10(4-8-12)14(35)36/h1-8H,(H,33,34)(H,35,36). The zero-order chi connectivity index (χ0) is 28.8. The second-order valence-electron chi connectivity index (χ2n) is 7.20. The van der Waals surface area contributed by atoms with E-state index in [0.29, 0.717) is 0 Å². The van der Waals surface area contributed by atoms with Crippen molar-refractivity contribution in [3.8, 4) is 0 Å². The number of alkyl halides is 12. The topological polar surface area (TPSA) is 83.8 Å². The highest BCUT2D eigenvalue weighted by Gasteiger charge is 2.83. The Morgan fingerprint density at radius 2 is 0.757 bits per heavy atom. The van der Waals surface area contributed by atoms with Gasteiger partial charge >= 0.3 is 47.8 Å². The van der Waals surface area contributed by atoms with E-state index in [1.165, 1.54) is 0 Å². The maximum atomic E-state index is 14.9. The fourth-order valence-electron chi connectivity index (χ4n) is 2.81. The lowest BCUT2D eigenvalue weighted by atomic mass is 9.96. The number of benzene rings is 2. The Morgan fingerprint density at radius 1 is 0.514 bits per heavy atom. The number of aromatic carboxylic acids is 2. The van der Waals surface area contributed by atoms with Gasteiger partial charge in [0.2, 0.25) is 0 Å². The summed E-state index contributed by atoms with van der Waals surface area (Å²) in [5, 5.41) is 17.4. The number of carbonyl (C=O) groups is 2. The van der Waals surface area contributed by atoms with Crippen LogP contribution < -0.4 is 0 Å². The first kappa shape index (κ1) is 29.7. The van der Waals surface area contributed by atoms with Crippen molar-refractivity contribution in [1.82, 2.24) is 0 Å². The normalized spacial score (nSPS) is 16.5. The molecule has 0 heterocycles. The number of carboxylic acids is 2. The molecule has 2 N–H and O–H groups in total. The summed E-state index contributed by atoms with van der Waals surface area (Å²) in [6.45, 7) is 0. The summed E-state index contributed by atoms with van der Waals surface area (Å²) in [5.41, 5.74) is -6.14. The number of rotatable bonds is 8. The van der Waals surface area contributed by atoms with E-state index in [-0.39, 0.29) is 48.5 Å². The molecule has 0 amide bonds. The molecule has 17 heteroatoms. The van der Waals surface area contributed by atoms with E-state index >= 15 is 0 Å². The maximum Gasteiger partial charge on any atom is 0.455 e. The molecular formula is C20H10F12O5. The van der Waals surface area contributed by atoms with Crippen molar-refractivity contribution >= 4 is 11.9 Å². The average molecular weight is 558 g/mol. The predicted molar refractivity (Wildman–Crippen MR) is 95.5 cm³/mol. The molecule has 0 spiro atoms. The van der Waals surface area contributed by atoms with Crippen LogP contribution >= 0.6 is 0 Å². The van der Waals surface area contributed by atoms with Gasteiger partial charge < -0.3 is 10.2 Å². The lowest BCUT2D eigenvalue weighted by Gasteiger charge is -2.42. The smallest absolute Gasteiger partial charge is 0.455 e. The summed E-state index contributed by atoms with van der Waals surface area (Å²) in [7, 11) is 0. The Morgan fingerprint density at radius 3 is 0.946 bits per heavy atom. The van der Waals surface area contributed by atoms with Crippen molar-refractivity contribution in [3.05, 3.63) is 70.8 Å². The Bertz CT molecular complexity index is 1070. The summed E-state index contributed by atoms with van der Waals surface area (Å²) >= 11 is 0. The predicted octanol–water partition coefficient (Wildman–Crippen LogP) is 6.44. The highest BCUT2D eigenvalue weighted by atomic mass is 19.4. The van der Waals surface area contributed by atoms with Crippen molar-refractivity contribution in [3.63, 3.8) is 0 Å². The van der Waals surface area contributed by atoms with Gasteiger partial charge in [-0.3, -0.25) is 4.74 Å². The minimum absolute atomic E-state index is 0.174. The molecule has 0 saturated carbocycles. The SMILES string of the molecule is O=C(O)c1ccc(C(F)(F)C(F)(OC(F)(C(F)(F)F)C(F)(F)c2ccc(C(=O)O)cc2)C(F)(F)F)cc1. The van der Waals surface area contributed by atoms with Crippen LogP contribution in [0.5, 0.6) is 0 Å². The maximum absolute atomic E-state index is 14.9. The van der Waals surface area contributed by atoms with Gasteiger partial charge in [0.15, 0.2) is 0 Å². The zero-order valence-corrected chi connectivity index (χ0v) is 17.3. The van der Waals surface area contributed by atoms with Gasteiger partial charge in [0.05, 0.1) is 11.1 Å². The molecule has 0 fully saturated rings. The van der Waals surface area contributed by atoms with Crippen LogP contribution in [0.3, 0.4) is 0 Å². The average Bonchev–Trinajstić information content (AvgIpc) is 2.77. The summed E-state index contributed by atoms with van der Waals surface area (Å²) in [6.07, 6.45) is -14.6. The Labute approximate surface area is 196 Å². The van der Waals surface area contributed by atoms with Gasteiger partial charge in [-0.15, -0.1) is 0 Å². The molecule has 2 unspecified atom stereocenters. The Kier molecular flexibility index (Phi) is 7.32. The van der Waals surface area contributed by atoms with Crippen molar-refractivity contribution in [2.24, 2.45) is 0 Å². The lowest BCUT2D eigenvalue weighted by molar-refractivity contribution is -0.505. The lowest BCUT2D eigenvalue weighted by Crippen LogP contribution is -2.66. The van der Waals surface area contributed by atoms with Gasteiger partial charge in [-0.05, 0) is 24.3 Å². The van der Waals surface area contributed by atoms with Gasteiger partial charge in [-0.2, -0.15) is 52.7 Å². The monoisotopic (exact) mass is 558 g/mol. The second kappa shape index (κ2) is 9.11. The molecule has 5 nitrogen and oxygen atoms in total. The van der Waals surface area contributed by atoms with Gasteiger partial charge in [-0.1, -0.05) is 24.3 Å². The molecule has 0 radical (unpaired) electrons. The van der Waals surface area contributed by atoms with Gasteiger partial charge in [-0.25, -0.2) is 9.59 Å². The van der Waals surface area contributed by atoms with Crippen molar-refractivity contribution in [2.45, 2.75) is 35.9 Å². The minimum Gasteiger partial charge on any atom is -0.478 e. The molecule has 0 bridgehead atoms. The number of hydrogen-bond acceptors (Lipinski definition) is 3. The quantitative estimate of drug-likeness (QED) is 0.365. The van der Waals surface area contributed by atoms with E-state index in [2.05, 4.69) is 4.74 Å². The minimum atomic E-state index is -7.30. The largest absolute Gasteiger partial charge is 0.478 e. The summed E-state index contributed by atoms with van der Waals surface area (Å²) in [6, 6.07) is -0.0691. The molecule has 2 atom stereocenters. The molecule has 0 aromatic heterocycles. The van der Waals surface area contributed by atoms with E-state index in [0.717, 1.165) is 0 Å². The molecule has 2 rings (SSSR count). The third-order valence-corrected chi connectivity index (χ3v) is 4.81. The first-order chi connectivity index (χ1) is 16.5. The fourth-order valence-corrected chi connectivity index (χ4v) is 2.81. The second-order valence-corrected chi connectivity index (χ2v) is 7.20. The highest BCUT2D eigenvalue weighted by molar-refractivity contribution is 5.88. The molecule has 0 aliphatic heterocycles. The van der Waals surface area contributed by atoms with Crippen LogP contribution in [0.25, 0.3) is 0 Å². The van der Waals surface area contributed by atoms with Crippen molar-refractivity contribution < 1.29 is 77.2 Å². The first-order valence-corrected chi connectivity index (χ1v) is 9.17. The number of ether oxygens (including phenoxy) is 1. The van der Waals surface area contributed by atoms with Crippen LogP contribution in [0.15, 0.2) is 48.5 Å². The van der Waals surface area contributed by atoms with Crippen molar-refractivity contribution in [1.29, 1.82) is 0 Å². The van der Waals surface area contributed by atoms with Crippen LogP contribution in [0.2, 0.25) is 0 Å². The third-order valence-electron chi connectivity index (χ3n) is 4.81. The number of carboxylic acid groups (broad SMARTS) is 2. The molecule has 0 aliphatic carbocycles. The van der Waals surface area contributed by atoms with E-state index in [9.17, 15) is 62.3 Å². The molecule has 0 aliphatic rings. The molecule has 204 valence electrons. The van der Waals surface area contributed by atoms with E-state index in [4.69, 9.17) is 10.2 Å². The fraction of sp³-hybridized carbons (Fsp3) is 0.300. The molecule has 37 heavy (non-hydrogen) atoms.